The van der Waals surface area contributed by atoms with Crippen LogP contribution in [0.3, 0.4) is 0 Å². The van der Waals surface area contributed by atoms with E-state index < -0.39 is 11.6 Å². The number of ether oxygens (including phenoxy) is 1. The molecule has 1 N–H and O–H groups in total. The minimum Gasteiger partial charge on any atom is -0.497 e. The molecule has 0 fully saturated rings. The Balaban J connectivity index is 1.95. The van der Waals surface area contributed by atoms with Gasteiger partial charge in [-0.05, 0) is 75.8 Å². The highest BCUT2D eigenvalue weighted by atomic mass is 16.5. The number of furan rings is 1. The van der Waals surface area contributed by atoms with Gasteiger partial charge in [0.05, 0.1) is 7.11 Å². The Labute approximate surface area is 224 Å². The number of methoxy groups -OCH3 is 1. The van der Waals surface area contributed by atoms with Crippen LogP contribution < -0.4 is 10.1 Å². The van der Waals surface area contributed by atoms with Gasteiger partial charge in [0.2, 0.25) is 17.6 Å². The van der Waals surface area contributed by atoms with Crippen molar-refractivity contribution in [1.82, 2.24) is 35.3 Å². The Hall–Kier alpha value is -3.73. The van der Waals surface area contributed by atoms with Gasteiger partial charge in [0.1, 0.15) is 24.1 Å². The van der Waals surface area contributed by atoms with Crippen LogP contribution in [-0.2, 0) is 16.1 Å². The van der Waals surface area contributed by atoms with Gasteiger partial charge >= 0.3 is 0 Å². The number of hydrogen-bond donors (Lipinski definition) is 1. The van der Waals surface area contributed by atoms with Gasteiger partial charge in [-0.1, -0.05) is 26.0 Å². The lowest BCUT2D eigenvalue weighted by Gasteiger charge is -2.35. The maximum absolute atomic E-state index is 13.8. The SMILES string of the molecule is CCN(CC)CCN(C(=O)Cn1nnc(-c2ccc(C)o2)n1)[C@H](C(=O)NC(C)(C)C)c1ccc(OC)cc1. The number of benzene rings is 1. The van der Waals surface area contributed by atoms with Gasteiger partial charge in [0.25, 0.3) is 0 Å². The summed E-state index contributed by atoms with van der Waals surface area (Å²) >= 11 is 0. The van der Waals surface area contributed by atoms with Crippen LogP contribution in [0.1, 0.15) is 52.0 Å². The van der Waals surface area contributed by atoms with Gasteiger partial charge in [-0.2, -0.15) is 4.80 Å². The van der Waals surface area contributed by atoms with Gasteiger partial charge < -0.3 is 24.3 Å². The third-order valence-corrected chi connectivity index (χ3v) is 6.05. The van der Waals surface area contributed by atoms with Crippen molar-refractivity contribution in [2.75, 3.05) is 33.3 Å². The highest BCUT2D eigenvalue weighted by Gasteiger charge is 2.34. The fourth-order valence-corrected chi connectivity index (χ4v) is 4.06. The number of carbonyl (C=O) groups is 2. The summed E-state index contributed by atoms with van der Waals surface area (Å²) in [5.74, 6) is 1.58. The lowest BCUT2D eigenvalue weighted by molar-refractivity contribution is -0.142. The van der Waals surface area contributed by atoms with E-state index in [1.807, 2.05) is 45.9 Å². The molecule has 11 heteroatoms. The summed E-state index contributed by atoms with van der Waals surface area (Å²) in [5.41, 5.74) is 0.192. The van der Waals surface area contributed by atoms with E-state index in [-0.39, 0.29) is 24.2 Å². The predicted molar refractivity (Wildman–Crippen MR) is 143 cm³/mol. The molecule has 0 radical (unpaired) electrons. The fourth-order valence-electron chi connectivity index (χ4n) is 4.06. The minimum atomic E-state index is -0.862. The molecule has 3 rings (SSSR count). The van der Waals surface area contributed by atoms with Crippen LogP contribution in [0.15, 0.2) is 40.8 Å². The number of carbonyl (C=O) groups excluding carboxylic acids is 2. The van der Waals surface area contributed by atoms with E-state index in [1.165, 1.54) is 4.80 Å². The summed E-state index contributed by atoms with van der Waals surface area (Å²) in [5, 5.41) is 15.5. The fraction of sp³-hybridized carbons (Fsp3) is 0.519. The Morgan fingerprint density at radius 2 is 1.76 bits per heavy atom. The van der Waals surface area contributed by atoms with E-state index in [2.05, 4.69) is 39.5 Å². The second kappa shape index (κ2) is 12.7. The molecule has 0 saturated heterocycles. The van der Waals surface area contributed by atoms with Crippen LogP contribution in [0.25, 0.3) is 11.6 Å². The Kier molecular flexibility index (Phi) is 9.62. The van der Waals surface area contributed by atoms with Crippen molar-refractivity contribution >= 4 is 11.8 Å². The largest absolute Gasteiger partial charge is 0.497 e. The van der Waals surface area contributed by atoms with Crippen LogP contribution in [0.4, 0.5) is 0 Å². The Bertz CT molecular complexity index is 1190. The normalized spacial score (nSPS) is 12.4. The maximum Gasteiger partial charge on any atom is 0.247 e. The molecule has 0 aliphatic rings. The molecule has 1 aromatic carbocycles. The first-order valence-corrected chi connectivity index (χ1v) is 12.9. The monoisotopic (exact) mass is 525 g/mol. The molecule has 38 heavy (non-hydrogen) atoms. The zero-order valence-electron chi connectivity index (χ0n) is 23.4. The lowest BCUT2D eigenvalue weighted by Crippen LogP contribution is -2.51. The number of rotatable bonds is 12. The number of aryl methyl sites for hydroxylation is 1. The number of hydrogen-bond acceptors (Lipinski definition) is 8. The first-order valence-electron chi connectivity index (χ1n) is 12.9. The summed E-state index contributed by atoms with van der Waals surface area (Å²) < 4.78 is 10.9. The van der Waals surface area contributed by atoms with Crippen molar-refractivity contribution in [3.8, 4) is 17.3 Å². The first kappa shape index (κ1) is 28.8. The number of nitrogens with one attached hydrogen (secondary N) is 1. The molecule has 2 amide bonds. The third kappa shape index (κ3) is 7.64. The van der Waals surface area contributed by atoms with Crippen molar-refractivity contribution in [1.29, 1.82) is 0 Å². The van der Waals surface area contributed by atoms with E-state index in [0.717, 1.165) is 18.8 Å². The molecule has 2 aromatic heterocycles. The van der Waals surface area contributed by atoms with Crippen LogP contribution in [0.5, 0.6) is 5.75 Å². The van der Waals surface area contributed by atoms with Gasteiger partial charge in [-0.25, -0.2) is 0 Å². The summed E-state index contributed by atoms with van der Waals surface area (Å²) in [6, 6.07) is 9.91. The summed E-state index contributed by atoms with van der Waals surface area (Å²) in [4.78, 5) is 32.5. The van der Waals surface area contributed by atoms with Crippen LogP contribution in [0.2, 0.25) is 0 Å². The van der Waals surface area contributed by atoms with Crippen molar-refractivity contribution in [2.24, 2.45) is 0 Å². The molecule has 0 aliphatic heterocycles. The molecule has 2 heterocycles. The highest BCUT2D eigenvalue weighted by Crippen LogP contribution is 2.25. The predicted octanol–water partition coefficient (Wildman–Crippen LogP) is 3.08. The number of tetrazole rings is 1. The Morgan fingerprint density at radius 3 is 2.32 bits per heavy atom. The van der Waals surface area contributed by atoms with Crippen LogP contribution in [0, 0.1) is 6.92 Å². The zero-order valence-corrected chi connectivity index (χ0v) is 23.4. The molecular weight excluding hydrogens is 486 g/mol. The minimum absolute atomic E-state index is 0.180. The van der Waals surface area contributed by atoms with E-state index in [0.29, 0.717) is 30.2 Å². The number of aromatic nitrogens is 4. The Morgan fingerprint density at radius 1 is 1.08 bits per heavy atom. The second-order valence-corrected chi connectivity index (χ2v) is 10.1. The molecule has 11 nitrogen and oxygen atoms in total. The van der Waals surface area contributed by atoms with E-state index in [9.17, 15) is 9.59 Å². The van der Waals surface area contributed by atoms with E-state index >= 15 is 0 Å². The van der Waals surface area contributed by atoms with Crippen molar-refractivity contribution in [3.05, 3.63) is 47.7 Å². The van der Waals surface area contributed by atoms with Crippen LogP contribution in [-0.4, -0.2) is 80.6 Å². The lowest BCUT2D eigenvalue weighted by atomic mass is 10.0. The van der Waals surface area contributed by atoms with Crippen molar-refractivity contribution < 1.29 is 18.7 Å². The maximum atomic E-state index is 13.8. The molecule has 0 unspecified atom stereocenters. The van der Waals surface area contributed by atoms with Crippen molar-refractivity contribution in [3.63, 3.8) is 0 Å². The molecular formula is C27H39N7O4. The zero-order chi connectivity index (χ0) is 27.9. The first-order chi connectivity index (χ1) is 18.0. The standard InChI is InChI=1S/C27H39N7O4/c1-8-32(9-2)16-17-33(23(35)18-34-30-25(29-31-34)22-15-10-19(3)38-22)24(26(36)28-27(4,5)6)20-11-13-21(37-7)14-12-20/h10-15,24H,8-9,16-18H2,1-7H3,(H,28,36)/t24-/m0/s1. The summed E-state index contributed by atoms with van der Waals surface area (Å²) in [7, 11) is 1.59. The number of likely N-dealkylation sites (N-methyl/N-ethyl adjacent to an activating group) is 1. The summed E-state index contributed by atoms with van der Waals surface area (Å²) in [6.45, 7) is 14.1. The average Bonchev–Trinajstić information content (AvgIpc) is 3.51. The third-order valence-electron chi connectivity index (χ3n) is 6.05. The highest BCUT2D eigenvalue weighted by molar-refractivity contribution is 5.89. The van der Waals surface area contributed by atoms with Gasteiger partial charge in [-0.15, -0.1) is 10.2 Å². The molecule has 3 aromatic rings. The molecule has 0 aliphatic carbocycles. The quantitative estimate of drug-likeness (QED) is 0.383. The molecule has 206 valence electrons. The van der Waals surface area contributed by atoms with Gasteiger partial charge in [0, 0.05) is 18.6 Å². The van der Waals surface area contributed by atoms with E-state index in [4.69, 9.17) is 9.15 Å². The smallest absolute Gasteiger partial charge is 0.247 e. The summed E-state index contributed by atoms with van der Waals surface area (Å²) in [6.07, 6.45) is 0. The van der Waals surface area contributed by atoms with E-state index in [1.54, 1.807) is 30.2 Å². The van der Waals surface area contributed by atoms with Gasteiger partial charge in [0.15, 0.2) is 5.76 Å². The molecule has 1 atom stereocenters. The van der Waals surface area contributed by atoms with Gasteiger partial charge in [-0.3, -0.25) is 9.59 Å². The molecule has 0 bridgehead atoms. The van der Waals surface area contributed by atoms with Crippen LogP contribution >= 0.6 is 0 Å². The second-order valence-electron chi connectivity index (χ2n) is 10.1. The molecule has 0 spiro atoms. The average molecular weight is 526 g/mol. The van der Waals surface area contributed by atoms with Crippen molar-refractivity contribution in [2.45, 2.75) is 59.7 Å². The molecule has 0 saturated carbocycles. The number of nitrogens with zero attached hydrogens (tertiary/aromatic N) is 6. The number of amides is 2. The topological polar surface area (TPSA) is 119 Å².